The third-order valence-electron chi connectivity index (χ3n) is 2.49. The van der Waals surface area contributed by atoms with Crippen LogP contribution in [0.4, 0.5) is 13.2 Å². The molecule has 0 amide bonds. The van der Waals surface area contributed by atoms with Gasteiger partial charge in [0.2, 0.25) is 0 Å². The van der Waals surface area contributed by atoms with E-state index in [1.165, 1.54) is 13.0 Å². The zero-order chi connectivity index (χ0) is 14.0. The van der Waals surface area contributed by atoms with Crippen LogP contribution in [0.15, 0.2) is 36.4 Å². The highest BCUT2D eigenvalue weighted by Gasteiger charge is 2.12. The van der Waals surface area contributed by atoms with Crippen LogP contribution in [-0.2, 0) is 0 Å². The molecular weight excluding hydrogens is 257 g/mol. The Hall–Kier alpha value is -2.01. The minimum absolute atomic E-state index is 0.0639. The number of hydrogen-bond acceptors (Lipinski definition) is 2. The summed E-state index contributed by atoms with van der Waals surface area (Å²) in [7, 11) is 0. The molecule has 0 aliphatic carbocycles. The van der Waals surface area contributed by atoms with E-state index in [1.807, 2.05) is 0 Å². The molecule has 19 heavy (non-hydrogen) atoms. The summed E-state index contributed by atoms with van der Waals surface area (Å²) in [6, 6.07) is 6.25. The van der Waals surface area contributed by atoms with E-state index < -0.39 is 23.6 Å². The molecule has 2 aromatic carbocycles. The SMILES string of the molecule is C[C@H](O)c1cc(F)ccc1Oc1cc(F)cc(F)c1. The van der Waals surface area contributed by atoms with Crippen molar-refractivity contribution in [3.05, 3.63) is 59.4 Å². The largest absolute Gasteiger partial charge is 0.457 e. The summed E-state index contributed by atoms with van der Waals surface area (Å²) in [6.07, 6.45) is -0.968. The van der Waals surface area contributed by atoms with E-state index in [1.54, 1.807) is 0 Å². The summed E-state index contributed by atoms with van der Waals surface area (Å²) in [5, 5.41) is 9.52. The fourth-order valence-electron chi connectivity index (χ4n) is 1.65. The molecule has 0 aliphatic heterocycles. The van der Waals surface area contributed by atoms with Gasteiger partial charge in [-0.1, -0.05) is 0 Å². The maximum Gasteiger partial charge on any atom is 0.133 e. The molecule has 0 saturated carbocycles. The molecule has 0 unspecified atom stereocenters. The average molecular weight is 268 g/mol. The Labute approximate surface area is 108 Å². The molecule has 1 atom stereocenters. The van der Waals surface area contributed by atoms with Crippen LogP contribution < -0.4 is 4.74 Å². The molecule has 0 fully saturated rings. The van der Waals surface area contributed by atoms with E-state index in [0.717, 1.165) is 24.3 Å². The molecule has 5 heteroatoms. The van der Waals surface area contributed by atoms with Crippen molar-refractivity contribution in [1.82, 2.24) is 0 Å². The van der Waals surface area contributed by atoms with E-state index >= 15 is 0 Å². The molecule has 2 nitrogen and oxygen atoms in total. The lowest BCUT2D eigenvalue weighted by Gasteiger charge is -2.13. The molecule has 0 aromatic heterocycles. The topological polar surface area (TPSA) is 29.5 Å². The minimum Gasteiger partial charge on any atom is -0.457 e. The Morgan fingerprint density at radius 1 is 0.947 bits per heavy atom. The van der Waals surface area contributed by atoms with Gasteiger partial charge in [0.15, 0.2) is 0 Å². The summed E-state index contributed by atoms with van der Waals surface area (Å²) < 4.78 is 44.4. The Kier molecular flexibility index (Phi) is 3.76. The van der Waals surface area contributed by atoms with Crippen molar-refractivity contribution >= 4 is 0 Å². The van der Waals surface area contributed by atoms with E-state index in [4.69, 9.17) is 4.74 Å². The highest BCUT2D eigenvalue weighted by atomic mass is 19.1. The Bertz CT molecular complexity index is 577. The molecule has 0 radical (unpaired) electrons. The molecule has 0 spiro atoms. The lowest BCUT2D eigenvalue weighted by atomic mass is 10.1. The molecule has 0 bridgehead atoms. The molecule has 2 rings (SSSR count). The maximum absolute atomic E-state index is 13.1. The van der Waals surface area contributed by atoms with Gasteiger partial charge in [0, 0.05) is 23.8 Å². The zero-order valence-electron chi connectivity index (χ0n) is 10.0. The van der Waals surface area contributed by atoms with Crippen molar-refractivity contribution in [3.63, 3.8) is 0 Å². The van der Waals surface area contributed by atoms with Gasteiger partial charge in [-0.25, -0.2) is 13.2 Å². The maximum atomic E-state index is 13.1. The van der Waals surface area contributed by atoms with Crippen LogP contribution in [0.1, 0.15) is 18.6 Å². The van der Waals surface area contributed by atoms with E-state index in [9.17, 15) is 18.3 Å². The van der Waals surface area contributed by atoms with Crippen molar-refractivity contribution in [2.24, 2.45) is 0 Å². The molecule has 0 saturated heterocycles. The van der Waals surface area contributed by atoms with Crippen molar-refractivity contribution in [2.75, 3.05) is 0 Å². The van der Waals surface area contributed by atoms with Crippen LogP contribution in [0.5, 0.6) is 11.5 Å². The second kappa shape index (κ2) is 5.32. The van der Waals surface area contributed by atoms with E-state index in [-0.39, 0.29) is 17.1 Å². The number of ether oxygens (including phenoxy) is 1. The lowest BCUT2D eigenvalue weighted by molar-refractivity contribution is 0.195. The summed E-state index contributed by atoms with van der Waals surface area (Å²) in [6.45, 7) is 1.44. The summed E-state index contributed by atoms with van der Waals surface area (Å²) >= 11 is 0. The third-order valence-corrected chi connectivity index (χ3v) is 2.49. The predicted molar refractivity (Wildman–Crippen MR) is 63.5 cm³/mol. The second-order valence-corrected chi connectivity index (χ2v) is 4.07. The van der Waals surface area contributed by atoms with Gasteiger partial charge in [0.1, 0.15) is 29.0 Å². The normalized spacial score (nSPS) is 12.3. The molecule has 100 valence electrons. The van der Waals surface area contributed by atoms with Gasteiger partial charge in [-0.2, -0.15) is 0 Å². The van der Waals surface area contributed by atoms with Gasteiger partial charge < -0.3 is 9.84 Å². The van der Waals surface area contributed by atoms with Gasteiger partial charge in [-0.3, -0.25) is 0 Å². The van der Waals surface area contributed by atoms with Crippen LogP contribution >= 0.6 is 0 Å². The summed E-state index contributed by atoms with van der Waals surface area (Å²) in [4.78, 5) is 0. The van der Waals surface area contributed by atoms with Gasteiger partial charge in [-0.05, 0) is 25.1 Å². The third kappa shape index (κ3) is 3.26. The standard InChI is InChI=1S/C14H11F3O2/c1-8(18)13-7-9(15)2-3-14(13)19-12-5-10(16)4-11(17)6-12/h2-8,18H,1H3/t8-/m0/s1. The van der Waals surface area contributed by atoms with Crippen molar-refractivity contribution in [3.8, 4) is 11.5 Å². The molecule has 1 N–H and O–H groups in total. The number of aliphatic hydroxyl groups excluding tert-OH is 1. The lowest BCUT2D eigenvalue weighted by Crippen LogP contribution is -1.97. The molecule has 2 aromatic rings. The van der Waals surface area contributed by atoms with Gasteiger partial charge >= 0.3 is 0 Å². The van der Waals surface area contributed by atoms with Crippen LogP contribution in [0, 0.1) is 17.5 Å². The van der Waals surface area contributed by atoms with Gasteiger partial charge in [-0.15, -0.1) is 0 Å². The smallest absolute Gasteiger partial charge is 0.133 e. The van der Waals surface area contributed by atoms with E-state index in [0.29, 0.717) is 6.07 Å². The number of hydrogen-bond donors (Lipinski definition) is 1. The fourth-order valence-corrected chi connectivity index (χ4v) is 1.65. The first-order valence-electron chi connectivity index (χ1n) is 5.57. The number of halogens is 3. The van der Waals surface area contributed by atoms with Crippen LogP contribution in [0.2, 0.25) is 0 Å². The fraction of sp³-hybridized carbons (Fsp3) is 0.143. The Morgan fingerprint density at radius 3 is 2.16 bits per heavy atom. The second-order valence-electron chi connectivity index (χ2n) is 4.07. The predicted octanol–water partition coefficient (Wildman–Crippen LogP) is 3.95. The monoisotopic (exact) mass is 268 g/mol. The van der Waals surface area contributed by atoms with Crippen molar-refractivity contribution < 1.29 is 23.0 Å². The van der Waals surface area contributed by atoms with Crippen molar-refractivity contribution in [1.29, 1.82) is 0 Å². The Morgan fingerprint density at radius 2 is 1.58 bits per heavy atom. The zero-order valence-corrected chi connectivity index (χ0v) is 10.0. The highest BCUT2D eigenvalue weighted by Crippen LogP contribution is 2.30. The highest BCUT2D eigenvalue weighted by molar-refractivity contribution is 5.39. The first-order valence-corrected chi connectivity index (χ1v) is 5.57. The first-order chi connectivity index (χ1) is 8.95. The van der Waals surface area contributed by atoms with Crippen LogP contribution in [-0.4, -0.2) is 5.11 Å². The Balaban J connectivity index is 2.37. The molecule has 0 heterocycles. The average Bonchev–Trinajstić information content (AvgIpc) is 2.30. The number of benzene rings is 2. The summed E-state index contributed by atoms with van der Waals surface area (Å²) in [5.41, 5.74) is 0.199. The van der Waals surface area contributed by atoms with Crippen LogP contribution in [0.3, 0.4) is 0 Å². The van der Waals surface area contributed by atoms with Crippen molar-refractivity contribution in [2.45, 2.75) is 13.0 Å². The van der Waals surface area contributed by atoms with E-state index in [2.05, 4.69) is 0 Å². The van der Waals surface area contributed by atoms with Crippen LogP contribution in [0.25, 0.3) is 0 Å². The molecular formula is C14H11F3O2. The number of rotatable bonds is 3. The van der Waals surface area contributed by atoms with Gasteiger partial charge in [0.05, 0.1) is 6.10 Å². The molecule has 0 aliphatic rings. The van der Waals surface area contributed by atoms with Gasteiger partial charge in [0.25, 0.3) is 0 Å². The first kappa shape index (κ1) is 13.4. The minimum atomic E-state index is -0.968. The quantitative estimate of drug-likeness (QED) is 0.913. The number of aliphatic hydroxyl groups is 1. The summed E-state index contributed by atoms with van der Waals surface area (Å²) in [5.74, 6) is -2.02.